The van der Waals surface area contributed by atoms with Crippen molar-refractivity contribution in [2.24, 2.45) is 5.92 Å². The lowest BCUT2D eigenvalue weighted by molar-refractivity contribution is -0.125. The van der Waals surface area contributed by atoms with Crippen LogP contribution in [0, 0.1) is 19.8 Å². The van der Waals surface area contributed by atoms with Gasteiger partial charge in [-0.2, -0.15) is 10.2 Å². The van der Waals surface area contributed by atoms with Crippen molar-refractivity contribution < 1.29 is 9.21 Å². The van der Waals surface area contributed by atoms with Gasteiger partial charge in [0.2, 0.25) is 5.91 Å². The van der Waals surface area contributed by atoms with Gasteiger partial charge in [-0.15, -0.1) is 5.10 Å². The molecule has 9 heteroatoms. The second-order valence-electron chi connectivity index (χ2n) is 8.71. The SMILES string of the molecule is Cc1nnc(N2CCCC(C(=O)NCCc3ccco3)C2)c2nn(-c3ccc(Cl)cc3)c(C)c12. The van der Waals surface area contributed by atoms with Gasteiger partial charge in [0.1, 0.15) is 11.3 Å². The van der Waals surface area contributed by atoms with E-state index in [1.165, 1.54) is 0 Å². The minimum Gasteiger partial charge on any atom is -0.469 e. The first-order valence-electron chi connectivity index (χ1n) is 11.5. The third kappa shape index (κ3) is 4.37. The summed E-state index contributed by atoms with van der Waals surface area (Å²) >= 11 is 6.07. The van der Waals surface area contributed by atoms with Crippen molar-refractivity contribution >= 4 is 34.2 Å². The van der Waals surface area contributed by atoms with E-state index in [0.717, 1.165) is 58.9 Å². The lowest BCUT2D eigenvalue weighted by Crippen LogP contribution is -2.44. The van der Waals surface area contributed by atoms with Crippen LogP contribution in [-0.4, -0.2) is 45.5 Å². The Kier molecular flexibility index (Phi) is 6.24. The summed E-state index contributed by atoms with van der Waals surface area (Å²) in [5.74, 6) is 1.55. The summed E-state index contributed by atoms with van der Waals surface area (Å²) in [6.45, 7) is 5.95. The van der Waals surface area contributed by atoms with Crippen molar-refractivity contribution in [3.63, 3.8) is 0 Å². The third-order valence-electron chi connectivity index (χ3n) is 6.40. The highest BCUT2D eigenvalue weighted by atomic mass is 35.5. The molecule has 1 saturated heterocycles. The maximum Gasteiger partial charge on any atom is 0.224 e. The normalized spacial score (nSPS) is 16.2. The molecule has 1 N–H and O–H groups in total. The molecule has 0 saturated carbocycles. The van der Waals surface area contributed by atoms with Crippen molar-refractivity contribution in [2.45, 2.75) is 33.1 Å². The number of aromatic nitrogens is 4. The fraction of sp³-hybridized carbons (Fsp3) is 0.360. The van der Waals surface area contributed by atoms with Crippen LogP contribution in [0.3, 0.4) is 0 Å². The van der Waals surface area contributed by atoms with E-state index in [1.54, 1.807) is 6.26 Å². The van der Waals surface area contributed by atoms with Crippen molar-refractivity contribution in [2.75, 3.05) is 24.5 Å². The second-order valence-corrected chi connectivity index (χ2v) is 9.15. The number of nitrogens with zero attached hydrogens (tertiary/aromatic N) is 5. The number of benzene rings is 1. The Bertz CT molecular complexity index is 1300. The molecule has 4 heterocycles. The Balaban J connectivity index is 1.37. The molecule has 0 aliphatic carbocycles. The van der Waals surface area contributed by atoms with Gasteiger partial charge < -0.3 is 14.6 Å². The lowest BCUT2D eigenvalue weighted by atomic mass is 9.97. The Labute approximate surface area is 202 Å². The van der Waals surface area contributed by atoms with Crippen LogP contribution in [0.1, 0.15) is 30.0 Å². The smallest absolute Gasteiger partial charge is 0.224 e. The lowest BCUT2D eigenvalue weighted by Gasteiger charge is -2.32. The Hall–Kier alpha value is -3.39. The second kappa shape index (κ2) is 9.46. The van der Waals surface area contributed by atoms with Crippen LogP contribution in [0.15, 0.2) is 47.1 Å². The molecule has 0 spiro atoms. The first-order chi connectivity index (χ1) is 16.5. The van der Waals surface area contributed by atoms with Crippen LogP contribution >= 0.6 is 11.6 Å². The number of anilines is 1. The molecule has 1 aliphatic rings. The standard InChI is InChI=1S/C25H27ClN6O2/c1-16-22-17(2)32(20-9-7-19(26)8-10-20)30-23(22)24(29-28-16)31-13-3-5-18(15-31)25(33)27-12-11-21-6-4-14-34-21/h4,6-10,14,18H,3,5,11-13,15H2,1-2H3,(H,27,33). The summed E-state index contributed by atoms with van der Waals surface area (Å²) in [4.78, 5) is 15.0. The molecule has 0 radical (unpaired) electrons. The van der Waals surface area contributed by atoms with E-state index in [9.17, 15) is 4.79 Å². The number of rotatable bonds is 6. The zero-order chi connectivity index (χ0) is 23.7. The highest BCUT2D eigenvalue weighted by Gasteiger charge is 2.29. The molecular weight excluding hydrogens is 452 g/mol. The van der Waals surface area contributed by atoms with Gasteiger partial charge in [0.05, 0.1) is 34.6 Å². The summed E-state index contributed by atoms with van der Waals surface area (Å²) in [6, 6.07) is 11.4. The van der Waals surface area contributed by atoms with Gasteiger partial charge in [0.25, 0.3) is 0 Å². The van der Waals surface area contributed by atoms with Crippen molar-refractivity contribution in [3.8, 4) is 5.69 Å². The molecule has 1 aromatic carbocycles. The largest absolute Gasteiger partial charge is 0.469 e. The van der Waals surface area contributed by atoms with Gasteiger partial charge in [-0.05, 0) is 63.1 Å². The number of hydrogen-bond acceptors (Lipinski definition) is 6. The van der Waals surface area contributed by atoms with Gasteiger partial charge in [0, 0.05) is 31.1 Å². The summed E-state index contributed by atoms with van der Waals surface area (Å²) in [6.07, 6.45) is 4.09. The molecule has 3 aromatic heterocycles. The highest BCUT2D eigenvalue weighted by molar-refractivity contribution is 6.30. The van der Waals surface area contributed by atoms with Gasteiger partial charge in [-0.3, -0.25) is 4.79 Å². The number of carbonyl (C=O) groups excluding carboxylic acids is 1. The topological polar surface area (TPSA) is 89.1 Å². The van der Waals surface area contributed by atoms with Crippen LogP contribution in [0.2, 0.25) is 5.02 Å². The molecule has 1 atom stereocenters. The number of halogens is 1. The van der Waals surface area contributed by atoms with Gasteiger partial charge in [-0.1, -0.05) is 11.6 Å². The zero-order valence-corrected chi connectivity index (χ0v) is 20.0. The van der Waals surface area contributed by atoms with Crippen LogP contribution in [-0.2, 0) is 11.2 Å². The first kappa shape index (κ1) is 22.4. The Morgan fingerprint density at radius 1 is 1.21 bits per heavy atom. The Morgan fingerprint density at radius 2 is 2.03 bits per heavy atom. The maximum atomic E-state index is 12.9. The molecule has 1 unspecified atom stereocenters. The minimum absolute atomic E-state index is 0.0652. The van der Waals surface area contributed by atoms with Gasteiger partial charge in [-0.25, -0.2) is 4.68 Å². The monoisotopic (exact) mass is 478 g/mol. The van der Waals surface area contributed by atoms with Crippen molar-refractivity contribution in [1.82, 2.24) is 25.3 Å². The molecule has 34 heavy (non-hydrogen) atoms. The van der Waals surface area contributed by atoms with Crippen molar-refractivity contribution in [3.05, 3.63) is 64.8 Å². The van der Waals surface area contributed by atoms with Crippen LogP contribution < -0.4 is 10.2 Å². The van der Waals surface area contributed by atoms with E-state index in [4.69, 9.17) is 21.1 Å². The molecule has 1 fully saturated rings. The molecule has 8 nitrogen and oxygen atoms in total. The molecule has 1 aliphatic heterocycles. The predicted molar refractivity (Wildman–Crippen MR) is 132 cm³/mol. The molecule has 5 rings (SSSR count). The first-order valence-corrected chi connectivity index (χ1v) is 11.9. The van der Waals surface area contributed by atoms with E-state index in [1.807, 2.05) is 54.9 Å². The summed E-state index contributed by atoms with van der Waals surface area (Å²) in [7, 11) is 0. The van der Waals surface area contributed by atoms with E-state index < -0.39 is 0 Å². The third-order valence-corrected chi connectivity index (χ3v) is 6.65. The van der Waals surface area contributed by atoms with Gasteiger partial charge >= 0.3 is 0 Å². The number of piperidine rings is 1. The average molecular weight is 479 g/mol. The fourth-order valence-electron chi connectivity index (χ4n) is 4.65. The van der Waals surface area contributed by atoms with Gasteiger partial charge in [0.15, 0.2) is 5.82 Å². The Morgan fingerprint density at radius 3 is 2.79 bits per heavy atom. The number of amides is 1. The number of carbonyl (C=O) groups is 1. The minimum atomic E-state index is -0.108. The van der Waals surface area contributed by atoms with Crippen LogP contribution in [0.25, 0.3) is 16.6 Å². The van der Waals surface area contributed by atoms with E-state index in [2.05, 4.69) is 20.4 Å². The fourth-order valence-corrected chi connectivity index (χ4v) is 4.78. The summed E-state index contributed by atoms with van der Waals surface area (Å²) in [5, 5.41) is 18.6. The van der Waals surface area contributed by atoms with Crippen LogP contribution in [0.5, 0.6) is 0 Å². The molecule has 176 valence electrons. The number of fused-ring (bicyclic) bond motifs is 1. The number of aryl methyl sites for hydroxylation is 2. The zero-order valence-electron chi connectivity index (χ0n) is 19.3. The number of hydrogen-bond donors (Lipinski definition) is 1. The predicted octanol–water partition coefficient (Wildman–Crippen LogP) is 4.25. The molecule has 0 bridgehead atoms. The molecule has 1 amide bonds. The number of nitrogens with one attached hydrogen (secondary N) is 1. The van der Waals surface area contributed by atoms with E-state index in [0.29, 0.717) is 24.5 Å². The average Bonchev–Trinajstić information content (AvgIpc) is 3.48. The summed E-state index contributed by atoms with van der Waals surface area (Å²) in [5.41, 5.74) is 3.56. The number of furan rings is 1. The quantitative estimate of drug-likeness (QED) is 0.445. The summed E-state index contributed by atoms with van der Waals surface area (Å²) < 4.78 is 7.25. The molecule has 4 aromatic rings. The molecular formula is C25H27ClN6O2. The van der Waals surface area contributed by atoms with E-state index in [-0.39, 0.29) is 11.8 Å². The van der Waals surface area contributed by atoms with Crippen molar-refractivity contribution in [1.29, 1.82) is 0 Å². The van der Waals surface area contributed by atoms with E-state index >= 15 is 0 Å². The maximum absolute atomic E-state index is 12.9. The van der Waals surface area contributed by atoms with Crippen LogP contribution in [0.4, 0.5) is 5.82 Å². The highest BCUT2D eigenvalue weighted by Crippen LogP contribution is 2.31.